The standard InChI is InChI=1S/C10H19NO3/c1-3-13-10(12)5-4-9-8(2)14-7-6-11-9/h8-9,11H,3-7H2,1-2H3/t8-,9-/m1/s1. The van der Waals surface area contributed by atoms with E-state index >= 15 is 0 Å². The van der Waals surface area contributed by atoms with Crippen molar-refractivity contribution >= 4 is 5.97 Å². The molecule has 2 atom stereocenters. The van der Waals surface area contributed by atoms with Gasteiger partial charge in [0.05, 0.1) is 19.3 Å². The monoisotopic (exact) mass is 201 g/mol. The number of ether oxygens (including phenoxy) is 2. The van der Waals surface area contributed by atoms with Gasteiger partial charge in [-0.1, -0.05) is 0 Å². The molecule has 0 amide bonds. The van der Waals surface area contributed by atoms with E-state index in [0.29, 0.717) is 13.0 Å². The zero-order chi connectivity index (χ0) is 10.4. The molecule has 0 radical (unpaired) electrons. The Balaban J connectivity index is 2.19. The number of carbonyl (C=O) groups is 1. The fraction of sp³-hybridized carbons (Fsp3) is 0.900. The van der Waals surface area contributed by atoms with Crippen molar-refractivity contribution in [3.05, 3.63) is 0 Å². The maximum Gasteiger partial charge on any atom is 0.305 e. The van der Waals surface area contributed by atoms with E-state index in [1.54, 1.807) is 0 Å². The summed E-state index contributed by atoms with van der Waals surface area (Å²) in [7, 11) is 0. The van der Waals surface area contributed by atoms with E-state index in [2.05, 4.69) is 5.32 Å². The van der Waals surface area contributed by atoms with Crippen LogP contribution in [-0.4, -0.2) is 37.9 Å². The molecule has 14 heavy (non-hydrogen) atoms. The molecule has 0 bridgehead atoms. The molecule has 1 fully saturated rings. The largest absolute Gasteiger partial charge is 0.466 e. The molecule has 0 aromatic carbocycles. The summed E-state index contributed by atoms with van der Waals surface area (Å²) in [6, 6.07) is 0.285. The van der Waals surface area contributed by atoms with Gasteiger partial charge in [-0.05, 0) is 20.3 Å². The van der Waals surface area contributed by atoms with Crippen molar-refractivity contribution in [3.63, 3.8) is 0 Å². The van der Waals surface area contributed by atoms with Crippen LogP contribution in [0.15, 0.2) is 0 Å². The average Bonchev–Trinajstić information content (AvgIpc) is 2.17. The molecule has 1 aliphatic heterocycles. The van der Waals surface area contributed by atoms with Crippen molar-refractivity contribution in [2.24, 2.45) is 0 Å². The lowest BCUT2D eigenvalue weighted by Crippen LogP contribution is -2.47. The molecule has 4 heteroatoms. The quantitative estimate of drug-likeness (QED) is 0.680. The van der Waals surface area contributed by atoms with E-state index in [1.165, 1.54) is 0 Å². The van der Waals surface area contributed by atoms with Gasteiger partial charge in [-0.3, -0.25) is 4.79 Å². The van der Waals surface area contributed by atoms with E-state index in [0.717, 1.165) is 19.6 Å². The number of rotatable bonds is 4. The first-order valence-electron chi connectivity index (χ1n) is 5.24. The van der Waals surface area contributed by atoms with Gasteiger partial charge in [-0.15, -0.1) is 0 Å². The van der Waals surface area contributed by atoms with Crippen molar-refractivity contribution in [2.45, 2.75) is 38.8 Å². The fourth-order valence-electron chi connectivity index (χ4n) is 1.61. The topological polar surface area (TPSA) is 47.6 Å². The highest BCUT2D eigenvalue weighted by Gasteiger charge is 2.21. The number of carbonyl (C=O) groups excluding carboxylic acids is 1. The Morgan fingerprint density at radius 2 is 2.43 bits per heavy atom. The van der Waals surface area contributed by atoms with Crippen LogP contribution in [0.2, 0.25) is 0 Å². The van der Waals surface area contributed by atoms with Crippen LogP contribution in [0, 0.1) is 0 Å². The zero-order valence-electron chi connectivity index (χ0n) is 8.91. The molecule has 1 heterocycles. The van der Waals surface area contributed by atoms with Crippen LogP contribution in [0.3, 0.4) is 0 Å². The molecule has 1 N–H and O–H groups in total. The SMILES string of the molecule is CCOC(=O)CC[C@H]1NCCO[C@@H]1C. The second-order valence-corrected chi connectivity index (χ2v) is 3.48. The normalized spacial score (nSPS) is 27.3. The zero-order valence-corrected chi connectivity index (χ0v) is 8.91. The Morgan fingerprint density at radius 1 is 1.64 bits per heavy atom. The first-order valence-corrected chi connectivity index (χ1v) is 5.24. The van der Waals surface area contributed by atoms with Gasteiger partial charge in [0.2, 0.25) is 0 Å². The van der Waals surface area contributed by atoms with Crippen molar-refractivity contribution in [1.29, 1.82) is 0 Å². The number of hydrogen-bond donors (Lipinski definition) is 1. The first kappa shape index (κ1) is 11.5. The van der Waals surface area contributed by atoms with Gasteiger partial charge in [-0.25, -0.2) is 0 Å². The molecule has 0 aromatic rings. The molecule has 1 rings (SSSR count). The van der Waals surface area contributed by atoms with E-state index < -0.39 is 0 Å². The van der Waals surface area contributed by atoms with Gasteiger partial charge in [-0.2, -0.15) is 0 Å². The summed E-state index contributed by atoms with van der Waals surface area (Å²) in [5, 5.41) is 3.33. The third kappa shape index (κ3) is 3.64. The smallest absolute Gasteiger partial charge is 0.305 e. The van der Waals surface area contributed by atoms with Crippen molar-refractivity contribution < 1.29 is 14.3 Å². The van der Waals surface area contributed by atoms with Crippen LogP contribution in [-0.2, 0) is 14.3 Å². The Bertz CT molecular complexity index is 184. The lowest BCUT2D eigenvalue weighted by molar-refractivity contribution is -0.143. The molecular weight excluding hydrogens is 182 g/mol. The molecule has 0 aliphatic carbocycles. The second-order valence-electron chi connectivity index (χ2n) is 3.48. The predicted octanol–water partition coefficient (Wildman–Crippen LogP) is 0.707. The minimum atomic E-state index is -0.118. The van der Waals surface area contributed by atoms with Gasteiger partial charge >= 0.3 is 5.97 Å². The Hall–Kier alpha value is -0.610. The average molecular weight is 201 g/mol. The van der Waals surface area contributed by atoms with Crippen LogP contribution >= 0.6 is 0 Å². The molecule has 0 unspecified atom stereocenters. The van der Waals surface area contributed by atoms with E-state index in [9.17, 15) is 4.79 Å². The molecule has 1 aliphatic rings. The van der Waals surface area contributed by atoms with E-state index in [1.807, 2.05) is 13.8 Å². The predicted molar refractivity (Wildman–Crippen MR) is 53.1 cm³/mol. The van der Waals surface area contributed by atoms with Crippen LogP contribution in [0.5, 0.6) is 0 Å². The summed E-state index contributed by atoms with van der Waals surface area (Å²) >= 11 is 0. The number of esters is 1. The van der Waals surface area contributed by atoms with Gasteiger partial charge in [0, 0.05) is 19.0 Å². The van der Waals surface area contributed by atoms with Gasteiger partial charge in [0.25, 0.3) is 0 Å². The lowest BCUT2D eigenvalue weighted by atomic mass is 10.1. The summed E-state index contributed by atoms with van der Waals surface area (Å²) < 4.78 is 10.3. The maximum atomic E-state index is 11.1. The summed E-state index contributed by atoms with van der Waals surface area (Å²) in [6.07, 6.45) is 1.46. The summed E-state index contributed by atoms with van der Waals surface area (Å²) in [5.41, 5.74) is 0. The van der Waals surface area contributed by atoms with Gasteiger partial charge in [0.1, 0.15) is 0 Å². The molecular formula is C10H19NO3. The summed E-state index contributed by atoms with van der Waals surface area (Å²) in [4.78, 5) is 11.1. The highest BCUT2D eigenvalue weighted by atomic mass is 16.5. The van der Waals surface area contributed by atoms with Crippen LogP contribution in [0.25, 0.3) is 0 Å². The minimum absolute atomic E-state index is 0.118. The molecule has 82 valence electrons. The first-order chi connectivity index (χ1) is 6.74. The maximum absolute atomic E-state index is 11.1. The van der Waals surface area contributed by atoms with Crippen molar-refractivity contribution in [1.82, 2.24) is 5.32 Å². The third-order valence-corrected chi connectivity index (χ3v) is 2.42. The molecule has 0 saturated carbocycles. The van der Waals surface area contributed by atoms with Gasteiger partial charge < -0.3 is 14.8 Å². The van der Waals surface area contributed by atoms with E-state index in [-0.39, 0.29) is 18.1 Å². The van der Waals surface area contributed by atoms with Crippen LogP contribution in [0.4, 0.5) is 0 Å². The number of nitrogens with one attached hydrogen (secondary N) is 1. The van der Waals surface area contributed by atoms with Crippen molar-refractivity contribution in [3.8, 4) is 0 Å². The van der Waals surface area contributed by atoms with Gasteiger partial charge in [0.15, 0.2) is 0 Å². The van der Waals surface area contributed by atoms with Crippen molar-refractivity contribution in [2.75, 3.05) is 19.8 Å². The molecule has 0 spiro atoms. The fourth-order valence-corrected chi connectivity index (χ4v) is 1.61. The number of morpholine rings is 1. The number of hydrogen-bond acceptors (Lipinski definition) is 4. The highest BCUT2D eigenvalue weighted by Crippen LogP contribution is 2.10. The highest BCUT2D eigenvalue weighted by molar-refractivity contribution is 5.69. The molecule has 1 saturated heterocycles. The Kier molecular flexibility index (Phi) is 4.90. The Morgan fingerprint density at radius 3 is 3.07 bits per heavy atom. The summed E-state index contributed by atoms with van der Waals surface area (Å²) in [6.45, 7) is 5.95. The lowest BCUT2D eigenvalue weighted by Gasteiger charge is -2.30. The Labute approximate surface area is 85.0 Å². The summed E-state index contributed by atoms with van der Waals surface area (Å²) in [5.74, 6) is -0.118. The molecule has 0 aromatic heterocycles. The van der Waals surface area contributed by atoms with E-state index in [4.69, 9.17) is 9.47 Å². The second kappa shape index (κ2) is 5.98. The van der Waals surface area contributed by atoms with Crippen LogP contribution in [0.1, 0.15) is 26.7 Å². The minimum Gasteiger partial charge on any atom is -0.466 e. The molecule has 4 nitrogen and oxygen atoms in total. The van der Waals surface area contributed by atoms with Crippen LogP contribution < -0.4 is 5.32 Å². The third-order valence-electron chi connectivity index (χ3n) is 2.42.